The van der Waals surface area contributed by atoms with Crippen molar-refractivity contribution in [3.63, 3.8) is 0 Å². The highest BCUT2D eigenvalue weighted by Gasteiger charge is 2.35. The summed E-state index contributed by atoms with van der Waals surface area (Å²) in [4.78, 5) is 0. The molecule has 0 amide bonds. The monoisotopic (exact) mass is 358 g/mol. The van der Waals surface area contributed by atoms with Gasteiger partial charge in [0.15, 0.2) is 0 Å². The van der Waals surface area contributed by atoms with E-state index in [-0.39, 0.29) is 5.60 Å². The molecule has 0 aromatic heterocycles. The number of aliphatic hydroxyl groups is 1. The van der Waals surface area contributed by atoms with Crippen LogP contribution in [0.25, 0.3) is 0 Å². The first-order chi connectivity index (χ1) is 12.6. The van der Waals surface area contributed by atoms with E-state index in [1.165, 1.54) is 61.8 Å². The zero-order valence-corrected chi connectivity index (χ0v) is 17.1. The maximum absolute atomic E-state index is 10.3. The first-order valence-electron chi connectivity index (χ1n) is 11.0. The van der Waals surface area contributed by atoms with Crippen LogP contribution in [0.1, 0.15) is 84.5 Å². The largest absolute Gasteiger partial charge is 0.496 e. The summed E-state index contributed by atoms with van der Waals surface area (Å²) in [5.41, 5.74) is -0.310. The lowest BCUT2D eigenvalue weighted by molar-refractivity contribution is -0.0240. The summed E-state index contributed by atoms with van der Waals surface area (Å²) < 4.78 is 4.97. The number of rotatable bonds is 5. The quantitative estimate of drug-likeness (QED) is 0.687. The van der Waals surface area contributed by atoms with E-state index >= 15 is 0 Å². The first-order valence-corrected chi connectivity index (χ1v) is 11.0. The lowest BCUT2D eigenvalue weighted by atomic mass is 9.67. The van der Waals surface area contributed by atoms with Crippen molar-refractivity contribution in [3.8, 4) is 5.75 Å². The molecule has 0 heterocycles. The SMILES string of the molecule is CCCC1CCC(C2CCC(O)(CC)CC2)CC1.COc1cc2ccc1=2. The van der Waals surface area contributed by atoms with E-state index in [9.17, 15) is 5.11 Å². The Labute approximate surface area is 159 Å². The van der Waals surface area contributed by atoms with Crippen molar-refractivity contribution in [2.75, 3.05) is 7.11 Å². The van der Waals surface area contributed by atoms with Gasteiger partial charge >= 0.3 is 0 Å². The molecule has 0 spiro atoms. The molecule has 0 radical (unpaired) electrons. The molecule has 0 bridgehead atoms. The number of benzene rings is 1. The minimum Gasteiger partial charge on any atom is -0.496 e. The van der Waals surface area contributed by atoms with E-state index in [1.54, 1.807) is 7.11 Å². The molecule has 2 saturated carbocycles. The van der Waals surface area contributed by atoms with Gasteiger partial charge in [-0.1, -0.05) is 51.7 Å². The van der Waals surface area contributed by atoms with E-state index in [0.717, 1.165) is 42.8 Å². The van der Waals surface area contributed by atoms with Crippen LogP contribution in [0.4, 0.5) is 0 Å². The Bertz CT molecular complexity index is 649. The Morgan fingerprint density at radius 1 is 1.00 bits per heavy atom. The van der Waals surface area contributed by atoms with Gasteiger partial charge in [-0.2, -0.15) is 0 Å². The Kier molecular flexibility index (Phi) is 6.66. The highest BCUT2D eigenvalue weighted by molar-refractivity contribution is 5.38. The van der Waals surface area contributed by atoms with Crippen LogP contribution in [0.3, 0.4) is 0 Å². The van der Waals surface area contributed by atoms with Crippen LogP contribution in [0.15, 0.2) is 18.2 Å². The van der Waals surface area contributed by atoms with Gasteiger partial charge in [-0.25, -0.2) is 0 Å². The molecule has 0 atom stereocenters. The first kappa shape index (κ1) is 19.7. The van der Waals surface area contributed by atoms with Gasteiger partial charge in [0.25, 0.3) is 0 Å². The van der Waals surface area contributed by atoms with Crippen LogP contribution in [-0.4, -0.2) is 17.8 Å². The van der Waals surface area contributed by atoms with E-state index in [0.29, 0.717) is 0 Å². The minimum atomic E-state index is -0.310. The fourth-order valence-electron chi connectivity index (χ4n) is 5.28. The van der Waals surface area contributed by atoms with Crippen LogP contribution in [0.2, 0.25) is 0 Å². The Hall–Kier alpha value is -1.02. The third-order valence-corrected chi connectivity index (χ3v) is 7.39. The van der Waals surface area contributed by atoms with Crippen molar-refractivity contribution in [2.45, 2.75) is 90.1 Å². The van der Waals surface area contributed by atoms with E-state index < -0.39 is 0 Å². The van der Waals surface area contributed by atoms with Gasteiger partial charge in [0.1, 0.15) is 5.75 Å². The molecule has 2 heteroatoms. The Morgan fingerprint density at radius 2 is 1.65 bits per heavy atom. The maximum atomic E-state index is 10.3. The van der Waals surface area contributed by atoms with E-state index in [2.05, 4.69) is 26.0 Å². The smallest absolute Gasteiger partial charge is 0.127 e. The van der Waals surface area contributed by atoms with Gasteiger partial charge in [-0.15, -0.1) is 0 Å². The summed E-state index contributed by atoms with van der Waals surface area (Å²) in [7, 11) is 1.70. The van der Waals surface area contributed by atoms with Crippen molar-refractivity contribution >= 4 is 0 Å². The third-order valence-electron chi connectivity index (χ3n) is 7.39. The molecule has 4 aliphatic carbocycles. The lowest BCUT2D eigenvalue weighted by Gasteiger charge is -2.41. The summed E-state index contributed by atoms with van der Waals surface area (Å²) >= 11 is 0. The van der Waals surface area contributed by atoms with Crippen molar-refractivity contribution < 1.29 is 9.84 Å². The van der Waals surface area contributed by atoms with Gasteiger partial charge < -0.3 is 9.84 Å². The molecule has 0 aromatic rings. The molecular formula is C24H38O2. The van der Waals surface area contributed by atoms with Crippen LogP contribution in [-0.2, 0) is 0 Å². The highest BCUT2D eigenvalue weighted by Crippen LogP contribution is 2.43. The second-order valence-corrected chi connectivity index (χ2v) is 8.90. The topological polar surface area (TPSA) is 29.5 Å². The molecule has 0 unspecified atom stereocenters. The molecule has 2 nitrogen and oxygen atoms in total. The normalized spacial score (nSPS) is 32.4. The van der Waals surface area contributed by atoms with Gasteiger partial charge in [-0.05, 0) is 74.0 Å². The van der Waals surface area contributed by atoms with Crippen LogP contribution in [0, 0.1) is 28.2 Å². The molecule has 0 saturated heterocycles. The number of hydrogen-bond donors (Lipinski definition) is 1. The van der Waals surface area contributed by atoms with Crippen LogP contribution in [0.5, 0.6) is 5.75 Å². The Morgan fingerprint density at radius 3 is 2.04 bits per heavy atom. The minimum absolute atomic E-state index is 0.310. The molecule has 4 aliphatic rings. The van der Waals surface area contributed by atoms with Crippen LogP contribution < -0.4 is 4.74 Å². The van der Waals surface area contributed by atoms with Crippen LogP contribution >= 0.6 is 0 Å². The third kappa shape index (κ3) is 4.44. The second kappa shape index (κ2) is 8.78. The lowest BCUT2D eigenvalue weighted by Crippen LogP contribution is -2.36. The molecule has 0 aliphatic heterocycles. The second-order valence-electron chi connectivity index (χ2n) is 8.90. The zero-order valence-electron chi connectivity index (χ0n) is 17.1. The van der Waals surface area contributed by atoms with Gasteiger partial charge in [-0.3, -0.25) is 0 Å². The summed E-state index contributed by atoms with van der Waals surface area (Å²) in [6, 6.07) is 6.18. The average Bonchev–Trinajstić information content (AvgIpc) is 2.66. The molecule has 146 valence electrons. The maximum Gasteiger partial charge on any atom is 0.127 e. The number of methoxy groups -OCH3 is 1. The van der Waals surface area contributed by atoms with Crippen molar-refractivity contribution in [1.29, 1.82) is 0 Å². The van der Waals surface area contributed by atoms with Crippen molar-refractivity contribution in [2.24, 2.45) is 17.8 Å². The molecule has 4 rings (SSSR count). The van der Waals surface area contributed by atoms with Gasteiger partial charge in [0.05, 0.1) is 12.7 Å². The van der Waals surface area contributed by atoms with E-state index in [1.807, 2.05) is 6.07 Å². The molecular weight excluding hydrogens is 320 g/mol. The molecule has 0 aromatic carbocycles. The average molecular weight is 359 g/mol. The van der Waals surface area contributed by atoms with Gasteiger partial charge in [0.2, 0.25) is 0 Å². The summed E-state index contributed by atoms with van der Waals surface area (Å²) in [6.45, 7) is 4.45. The highest BCUT2D eigenvalue weighted by atomic mass is 16.5. The summed E-state index contributed by atoms with van der Waals surface area (Å²) in [5.74, 6) is 3.98. The fraction of sp³-hybridized carbons (Fsp3) is 0.750. The Balaban J connectivity index is 0.000000201. The predicted molar refractivity (Wildman–Crippen MR) is 108 cm³/mol. The standard InChI is InChI=1S/C17H32O.C7H6O/c1-3-5-14-6-8-15(9-7-14)16-10-12-17(18,4-2)13-11-16;1-8-7-4-5-2-3-6(5)7/h14-16,18H,3-13H2,1-2H3;2-4H,1H3. The predicted octanol–water partition coefficient (Wildman–Crippen LogP) is 6.22. The number of hydrogen-bond acceptors (Lipinski definition) is 2. The van der Waals surface area contributed by atoms with Crippen molar-refractivity contribution in [1.82, 2.24) is 0 Å². The van der Waals surface area contributed by atoms with Gasteiger partial charge in [0, 0.05) is 5.22 Å². The fourth-order valence-corrected chi connectivity index (χ4v) is 5.28. The molecule has 2 fully saturated rings. The summed E-state index contributed by atoms with van der Waals surface area (Å²) in [6.07, 6.45) is 14.4. The van der Waals surface area contributed by atoms with Crippen molar-refractivity contribution in [3.05, 3.63) is 28.6 Å². The number of ether oxygens (including phenoxy) is 1. The summed E-state index contributed by atoms with van der Waals surface area (Å²) in [5, 5.41) is 12.9. The molecule has 1 N–H and O–H groups in total. The zero-order chi connectivity index (χ0) is 18.6. The molecule has 26 heavy (non-hydrogen) atoms. The van der Waals surface area contributed by atoms with E-state index in [4.69, 9.17) is 4.74 Å².